The molecule has 7 nitrogen and oxygen atoms in total. The lowest BCUT2D eigenvalue weighted by Gasteiger charge is -2.47. The van der Waals surface area contributed by atoms with Crippen LogP contribution in [0, 0.1) is 12.8 Å². The molecular weight excluding hydrogens is 378 g/mol. The number of amides is 1. The summed E-state index contributed by atoms with van der Waals surface area (Å²) in [6, 6.07) is 5.52. The number of carbonyl (C=O) groups excluding carboxylic acids is 1. The van der Waals surface area contributed by atoms with Gasteiger partial charge in [0, 0.05) is 50.9 Å². The summed E-state index contributed by atoms with van der Waals surface area (Å²) in [5.74, 6) is 0.543. The molecule has 2 bridgehead atoms. The van der Waals surface area contributed by atoms with Crippen molar-refractivity contribution in [2.24, 2.45) is 13.0 Å². The molecule has 1 amide bonds. The van der Waals surface area contributed by atoms with Crippen molar-refractivity contribution >= 4 is 5.91 Å². The maximum absolute atomic E-state index is 12.8. The minimum absolute atomic E-state index is 0.0240. The molecule has 2 aromatic rings. The Bertz CT molecular complexity index is 1010. The van der Waals surface area contributed by atoms with E-state index in [0.717, 1.165) is 31.7 Å². The van der Waals surface area contributed by atoms with Gasteiger partial charge in [-0.2, -0.15) is 0 Å². The Hall–Kier alpha value is -2.67. The highest BCUT2D eigenvalue weighted by Crippen LogP contribution is 2.40. The van der Waals surface area contributed by atoms with Gasteiger partial charge in [0.2, 0.25) is 0 Å². The van der Waals surface area contributed by atoms with E-state index in [4.69, 9.17) is 0 Å². The van der Waals surface area contributed by atoms with Gasteiger partial charge in [-0.05, 0) is 39.2 Å². The lowest BCUT2D eigenvalue weighted by atomic mass is 9.78. The van der Waals surface area contributed by atoms with Crippen LogP contribution in [0.25, 0.3) is 0 Å². The average molecular weight is 410 g/mol. The third kappa shape index (κ3) is 3.86. The summed E-state index contributed by atoms with van der Waals surface area (Å²) in [6.45, 7) is 9.36. The monoisotopic (exact) mass is 409 g/mol. The number of pyridine rings is 1. The first-order valence-corrected chi connectivity index (χ1v) is 10.7. The molecule has 0 aliphatic carbocycles. The van der Waals surface area contributed by atoms with Crippen molar-refractivity contribution in [1.29, 1.82) is 0 Å². The van der Waals surface area contributed by atoms with E-state index in [-0.39, 0.29) is 17.5 Å². The van der Waals surface area contributed by atoms with E-state index in [0.29, 0.717) is 29.8 Å². The lowest BCUT2D eigenvalue weighted by Crippen LogP contribution is -2.52. The standard InChI is InChI=1S/C23H31N5O2/c1-15(2)8-9-27-12-17-10-18(13-27)20(28-19(17)6-5-7-21(28)29)11-24-23(30)22-16(3)25-14-26(22)4/h5-8,14,17-18,20H,9-13H2,1-4H3,(H,24,30)/t17-,18+,20+/m1/s1. The molecule has 2 aliphatic rings. The summed E-state index contributed by atoms with van der Waals surface area (Å²) in [7, 11) is 1.82. The molecule has 0 unspecified atom stereocenters. The Morgan fingerprint density at radius 3 is 2.80 bits per heavy atom. The number of aromatic nitrogens is 3. The zero-order valence-corrected chi connectivity index (χ0v) is 18.3. The quantitative estimate of drug-likeness (QED) is 0.769. The molecule has 0 spiro atoms. The first-order valence-electron chi connectivity index (χ1n) is 10.7. The van der Waals surface area contributed by atoms with Crippen LogP contribution < -0.4 is 10.9 Å². The van der Waals surface area contributed by atoms with Crippen molar-refractivity contribution in [3.8, 4) is 0 Å². The zero-order chi connectivity index (χ0) is 21.4. The van der Waals surface area contributed by atoms with E-state index < -0.39 is 0 Å². The Morgan fingerprint density at radius 2 is 2.10 bits per heavy atom. The van der Waals surface area contributed by atoms with E-state index >= 15 is 0 Å². The fraction of sp³-hybridized carbons (Fsp3) is 0.522. The third-order valence-electron chi connectivity index (χ3n) is 6.44. The molecule has 7 heteroatoms. The zero-order valence-electron chi connectivity index (χ0n) is 18.3. The molecule has 2 aromatic heterocycles. The normalized spacial score (nSPS) is 23.0. The number of hydrogen-bond donors (Lipinski definition) is 1. The highest BCUT2D eigenvalue weighted by atomic mass is 16.2. The second kappa shape index (κ2) is 8.22. The van der Waals surface area contributed by atoms with Crippen molar-refractivity contribution < 1.29 is 4.79 Å². The number of imidazole rings is 1. The number of allylic oxidation sites excluding steroid dienone is 1. The Kier molecular flexibility index (Phi) is 5.64. The van der Waals surface area contributed by atoms with Gasteiger partial charge in [-0.3, -0.25) is 14.5 Å². The molecule has 160 valence electrons. The van der Waals surface area contributed by atoms with Gasteiger partial charge in [0.1, 0.15) is 5.69 Å². The van der Waals surface area contributed by atoms with Gasteiger partial charge < -0.3 is 14.5 Å². The van der Waals surface area contributed by atoms with Crippen molar-refractivity contribution in [3.63, 3.8) is 0 Å². The number of aryl methyl sites for hydroxylation is 2. The van der Waals surface area contributed by atoms with E-state index in [9.17, 15) is 9.59 Å². The van der Waals surface area contributed by atoms with Crippen LogP contribution in [0.1, 0.15) is 54.1 Å². The van der Waals surface area contributed by atoms with Crippen LogP contribution in [-0.4, -0.2) is 51.1 Å². The average Bonchev–Trinajstić information content (AvgIpc) is 3.04. The smallest absolute Gasteiger partial charge is 0.269 e. The van der Waals surface area contributed by atoms with Gasteiger partial charge in [0.15, 0.2) is 0 Å². The highest BCUT2D eigenvalue weighted by Gasteiger charge is 2.40. The fourth-order valence-corrected chi connectivity index (χ4v) is 5.01. The molecule has 3 atom stereocenters. The van der Waals surface area contributed by atoms with Crippen molar-refractivity contribution in [3.05, 3.63) is 63.6 Å². The number of rotatable bonds is 5. The third-order valence-corrected chi connectivity index (χ3v) is 6.44. The highest BCUT2D eigenvalue weighted by molar-refractivity contribution is 5.93. The second-order valence-electron chi connectivity index (χ2n) is 8.92. The largest absolute Gasteiger partial charge is 0.349 e. The SMILES string of the molecule is CC(C)=CCN1C[C@H]2C[C@@H](C1)[C@H](CNC(=O)c1c(C)ncn1C)n1c2cccc1=O. The molecule has 1 fully saturated rings. The summed E-state index contributed by atoms with van der Waals surface area (Å²) in [4.78, 5) is 32.3. The van der Waals surface area contributed by atoms with Crippen molar-refractivity contribution in [1.82, 2.24) is 24.3 Å². The molecule has 4 heterocycles. The number of carbonyl (C=O) groups is 1. The summed E-state index contributed by atoms with van der Waals surface area (Å²) >= 11 is 0. The summed E-state index contributed by atoms with van der Waals surface area (Å²) in [6.07, 6.45) is 4.97. The lowest BCUT2D eigenvalue weighted by molar-refractivity contribution is 0.0850. The molecule has 1 saturated heterocycles. The number of piperidine rings is 1. The maximum atomic E-state index is 12.8. The van der Waals surface area contributed by atoms with E-state index in [1.165, 1.54) is 5.57 Å². The van der Waals surface area contributed by atoms with Crippen LogP contribution in [0.3, 0.4) is 0 Å². The van der Waals surface area contributed by atoms with Crippen LogP contribution in [0.15, 0.2) is 41.0 Å². The Labute approximate surface area is 177 Å². The fourth-order valence-electron chi connectivity index (χ4n) is 5.01. The number of likely N-dealkylation sites (tertiary alicyclic amines) is 1. The van der Waals surface area contributed by atoms with E-state index in [1.54, 1.807) is 17.0 Å². The summed E-state index contributed by atoms with van der Waals surface area (Å²) < 4.78 is 3.68. The number of hydrogen-bond acceptors (Lipinski definition) is 4. The maximum Gasteiger partial charge on any atom is 0.269 e. The molecule has 4 rings (SSSR count). The topological polar surface area (TPSA) is 72.2 Å². The predicted octanol–water partition coefficient (Wildman–Crippen LogP) is 2.25. The van der Waals surface area contributed by atoms with Crippen LogP contribution in [-0.2, 0) is 7.05 Å². The number of nitrogens with zero attached hydrogens (tertiary/aromatic N) is 4. The van der Waals surface area contributed by atoms with Gasteiger partial charge in [-0.15, -0.1) is 0 Å². The van der Waals surface area contributed by atoms with Gasteiger partial charge in [-0.25, -0.2) is 4.98 Å². The molecule has 0 saturated carbocycles. The van der Waals surface area contributed by atoms with E-state index in [2.05, 4.69) is 41.2 Å². The predicted molar refractivity (Wildman–Crippen MR) is 117 cm³/mol. The minimum Gasteiger partial charge on any atom is -0.349 e. The van der Waals surface area contributed by atoms with Crippen LogP contribution in [0.2, 0.25) is 0 Å². The summed E-state index contributed by atoms with van der Waals surface area (Å²) in [5.41, 5.74) is 3.71. The van der Waals surface area contributed by atoms with Crippen LogP contribution in [0.5, 0.6) is 0 Å². The molecule has 2 aliphatic heterocycles. The Balaban J connectivity index is 1.60. The van der Waals surface area contributed by atoms with Crippen LogP contribution in [0.4, 0.5) is 0 Å². The summed E-state index contributed by atoms with van der Waals surface area (Å²) in [5, 5.41) is 3.08. The van der Waals surface area contributed by atoms with Gasteiger partial charge >= 0.3 is 0 Å². The van der Waals surface area contributed by atoms with Crippen molar-refractivity contribution in [2.75, 3.05) is 26.2 Å². The first-order chi connectivity index (χ1) is 14.3. The number of nitrogens with one attached hydrogen (secondary N) is 1. The number of fused-ring (bicyclic) bond motifs is 4. The van der Waals surface area contributed by atoms with Gasteiger partial charge in [-0.1, -0.05) is 17.7 Å². The van der Waals surface area contributed by atoms with E-state index in [1.807, 2.05) is 24.6 Å². The molecular formula is C23H31N5O2. The molecule has 0 aromatic carbocycles. The Morgan fingerprint density at radius 1 is 1.30 bits per heavy atom. The molecule has 0 radical (unpaired) electrons. The molecule has 30 heavy (non-hydrogen) atoms. The van der Waals surface area contributed by atoms with Gasteiger partial charge in [0.05, 0.1) is 18.1 Å². The minimum atomic E-state index is -0.141. The molecule has 1 N–H and O–H groups in total. The van der Waals surface area contributed by atoms with Gasteiger partial charge in [0.25, 0.3) is 11.5 Å². The van der Waals surface area contributed by atoms with Crippen molar-refractivity contribution in [2.45, 2.75) is 39.2 Å². The first kappa shape index (κ1) is 20.6. The van der Waals surface area contributed by atoms with Crippen LogP contribution >= 0.6 is 0 Å². The second-order valence-corrected chi connectivity index (χ2v) is 8.92.